The number of fused-ring (bicyclic) bond motifs is 1. The molecule has 0 aliphatic rings. The van der Waals surface area contributed by atoms with Gasteiger partial charge in [0.05, 0.1) is 12.1 Å². The van der Waals surface area contributed by atoms with Gasteiger partial charge in [-0.1, -0.05) is 12.1 Å². The van der Waals surface area contributed by atoms with Crippen molar-refractivity contribution in [2.24, 2.45) is 5.73 Å². The Bertz CT molecular complexity index is 869. The van der Waals surface area contributed by atoms with Crippen molar-refractivity contribution in [3.63, 3.8) is 0 Å². The van der Waals surface area contributed by atoms with Crippen LogP contribution >= 0.6 is 0 Å². The van der Waals surface area contributed by atoms with E-state index < -0.39 is 11.7 Å². The molecule has 0 atom stereocenters. The molecule has 0 radical (unpaired) electrons. The van der Waals surface area contributed by atoms with Crippen LogP contribution in [0.15, 0.2) is 48.7 Å². The molecule has 2 N–H and O–H groups in total. The van der Waals surface area contributed by atoms with Crippen molar-refractivity contribution in [1.29, 1.82) is 0 Å². The average molecular weight is 297 g/mol. The maximum atomic E-state index is 12.9. The molecule has 0 saturated carbocycles. The van der Waals surface area contributed by atoms with E-state index in [0.29, 0.717) is 12.1 Å². The lowest BCUT2D eigenvalue weighted by molar-refractivity contribution is -0.114. The summed E-state index contributed by atoms with van der Waals surface area (Å²) >= 11 is 0. The second-order valence-electron chi connectivity index (χ2n) is 4.92. The lowest BCUT2D eigenvalue weighted by Gasteiger charge is -2.00. The smallest absolute Gasteiger partial charge is 0.289 e. The van der Waals surface area contributed by atoms with Gasteiger partial charge in [0.1, 0.15) is 5.82 Å². The van der Waals surface area contributed by atoms with E-state index in [0.717, 1.165) is 10.9 Å². The van der Waals surface area contributed by atoms with Gasteiger partial charge in [-0.25, -0.2) is 4.39 Å². The molecule has 22 heavy (non-hydrogen) atoms. The van der Waals surface area contributed by atoms with E-state index in [2.05, 4.69) is 5.10 Å². The fourth-order valence-electron chi connectivity index (χ4n) is 2.22. The zero-order valence-electron chi connectivity index (χ0n) is 11.5. The molecular formula is C16H12FN3O2. The SMILES string of the molecule is NC(=O)C(=O)c1ccc2nn(Cc3ccc(F)cc3)cc2c1. The molecule has 0 aliphatic heterocycles. The quantitative estimate of drug-likeness (QED) is 0.590. The molecule has 6 heteroatoms. The molecule has 5 nitrogen and oxygen atoms in total. The lowest BCUT2D eigenvalue weighted by atomic mass is 10.1. The van der Waals surface area contributed by atoms with Gasteiger partial charge in [0.15, 0.2) is 0 Å². The third-order valence-electron chi connectivity index (χ3n) is 3.30. The predicted molar refractivity (Wildman–Crippen MR) is 78.8 cm³/mol. The van der Waals surface area contributed by atoms with Gasteiger partial charge in [0.25, 0.3) is 5.91 Å². The molecule has 3 aromatic rings. The lowest BCUT2D eigenvalue weighted by Crippen LogP contribution is -2.22. The van der Waals surface area contributed by atoms with Crippen molar-refractivity contribution in [2.75, 3.05) is 0 Å². The van der Waals surface area contributed by atoms with E-state index in [1.165, 1.54) is 18.2 Å². The normalized spacial score (nSPS) is 10.8. The summed E-state index contributed by atoms with van der Waals surface area (Å²) in [6.07, 6.45) is 1.76. The number of aromatic nitrogens is 2. The van der Waals surface area contributed by atoms with E-state index in [9.17, 15) is 14.0 Å². The standard InChI is InChI=1S/C16H12FN3O2/c17-13-4-1-10(2-5-13)8-20-9-12-7-11(15(21)16(18)22)3-6-14(12)19-20/h1-7,9H,8H2,(H2,18,22). The molecule has 3 rings (SSSR count). The highest BCUT2D eigenvalue weighted by atomic mass is 19.1. The van der Waals surface area contributed by atoms with E-state index in [4.69, 9.17) is 5.73 Å². The Balaban J connectivity index is 1.91. The minimum atomic E-state index is -0.988. The maximum absolute atomic E-state index is 12.9. The summed E-state index contributed by atoms with van der Waals surface area (Å²) in [5.74, 6) is -2.00. The van der Waals surface area contributed by atoms with Crippen molar-refractivity contribution in [3.8, 4) is 0 Å². The Morgan fingerprint density at radius 3 is 2.55 bits per heavy atom. The first-order chi connectivity index (χ1) is 10.5. The maximum Gasteiger partial charge on any atom is 0.289 e. The highest BCUT2D eigenvalue weighted by Gasteiger charge is 2.13. The number of nitrogens with zero attached hydrogens (tertiary/aromatic N) is 2. The number of hydrogen-bond donors (Lipinski definition) is 1. The predicted octanol–water partition coefficient (Wildman–Crippen LogP) is 1.89. The summed E-state index contributed by atoms with van der Waals surface area (Å²) in [5.41, 5.74) is 6.83. The minimum absolute atomic E-state index is 0.237. The minimum Gasteiger partial charge on any atom is -0.363 e. The van der Waals surface area contributed by atoms with Crippen LogP contribution in [0.1, 0.15) is 15.9 Å². The first-order valence-corrected chi connectivity index (χ1v) is 6.59. The molecule has 1 amide bonds. The zero-order chi connectivity index (χ0) is 15.7. The number of primary amides is 1. The number of carbonyl (C=O) groups excluding carboxylic acids is 2. The van der Waals surface area contributed by atoms with Crippen LogP contribution in [0.4, 0.5) is 4.39 Å². The van der Waals surface area contributed by atoms with Gasteiger partial charge in [-0.2, -0.15) is 5.10 Å². The number of hydrogen-bond acceptors (Lipinski definition) is 3. The van der Waals surface area contributed by atoms with Crippen molar-refractivity contribution in [3.05, 3.63) is 65.6 Å². The Kier molecular flexibility index (Phi) is 3.42. The van der Waals surface area contributed by atoms with Gasteiger partial charge >= 0.3 is 0 Å². The number of benzene rings is 2. The highest BCUT2D eigenvalue weighted by molar-refractivity contribution is 6.42. The number of Topliss-reactive ketones (excluding diaryl/α,β-unsaturated/α-hetero) is 1. The Morgan fingerprint density at radius 1 is 1.14 bits per heavy atom. The molecule has 1 aromatic heterocycles. The van der Waals surface area contributed by atoms with E-state index in [-0.39, 0.29) is 11.4 Å². The van der Waals surface area contributed by atoms with Gasteiger partial charge < -0.3 is 5.73 Å². The van der Waals surface area contributed by atoms with Gasteiger partial charge in [-0.15, -0.1) is 0 Å². The van der Waals surface area contributed by atoms with Crippen LogP contribution < -0.4 is 5.73 Å². The molecule has 2 aromatic carbocycles. The first kappa shape index (κ1) is 13.9. The molecule has 0 aliphatic carbocycles. The van der Waals surface area contributed by atoms with E-state index >= 15 is 0 Å². The molecule has 0 unspecified atom stereocenters. The summed E-state index contributed by atoms with van der Waals surface area (Å²) in [5, 5.41) is 5.10. The van der Waals surface area contributed by atoms with Crippen molar-refractivity contribution in [2.45, 2.75) is 6.54 Å². The number of nitrogens with two attached hydrogens (primary N) is 1. The Hall–Kier alpha value is -3.02. The molecule has 0 spiro atoms. The second-order valence-corrected chi connectivity index (χ2v) is 4.92. The van der Waals surface area contributed by atoms with Gasteiger partial charge in [0, 0.05) is 17.1 Å². The zero-order valence-corrected chi connectivity index (χ0v) is 11.5. The topological polar surface area (TPSA) is 78.0 Å². The summed E-state index contributed by atoms with van der Waals surface area (Å²) in [7, 11) is 0. The number of ketones is 1. The fraction of sp³-hybridized carbons (Fsp3) is 0.0625. The summed E-state index contributed by atoms with van der Waals surface area (Å²) in [6.45, 7) is 0.480. The molecule has 0 fully saturated rings. The van der Waals surface area contributed by atoms with Crippen LogP contribution in [-0.2, 0) is 11.3 Å². The number of carbonyl (C=O) groups is 2. The molecule has 1 heterocycles. The number of halogens is 1. The highest BCUT2D eigenvalue weighted by Crippen LogP contribution is 2.16. The first-order valence-electron chi connectivity index (χ1n) is 6.59. The van der Waals surface area contributed by atoms with Crippen LogP contribution in [0.3, 0.4) is 0 Å². The van der Waals surface area contributed by atoms with E-state index in [1.807, 2.05) is 0 Å². The molecule has 110 valence electrons. The average Bonchev–Trinajstić information content (AvgIpc) is 2.90. The van der Waals surface area contributed by atoms with Crippen molar-refractivity contribution < 1.29 is 14.0 Å². The monoisotopic (exact) mass is 297 g/mol. The van der Waals surface area contributed by atoms with E-state index in [1.54, 1.807) is 35.1 Å². The summed E-state index contributed by atoms with van der Waals surface area (Å²) < 4.78 is 14.6. The third-order valence-corrected chi connectivity index (χ3v) is 3.30. The largest absolute Gasteiger partial charge is 0.363 e. The van der Waals surface area contributed by atoms with Crippen LogP contribution in [-0.4, -0.2) is 21.5 Å². The van der Waals surface area contributed by atoms with Crippen molar-refractivity contribution in [1.82, 2.24) is 9.78 Å². The number of amides is 1. The van der Waals surface area contributed by atoms with Crippen molar-refractivity contribution >= 4 is 22.6 Å². The van der Waals surface area contributed by atoms with Gasteiger partial charge in [-0.3, -0.25) is 14.3 Å². The third kappa shape index (κ3) is 2.71. The van der Waals surface area contributed by atoms with Crippen LogP contribution in [0.2, 0.25) is 0 Å². The molecule has 0 bridgehead atoms. The molecule has 0 saturated heterocycles. The molecular weight excluding hydrogens is 285 g/mol. The summed E-state index contributed by atoms with van der Waals surface area (Å²) in [6, 6.07) is 10.9. The van der Waals surface area contributed by atoms with Crippen LogP contribution in [0.5, 0.6) is 0 Å². The van der Waals surface area contributed by atoms with Gasteiger partial charge in [-0.05, 0) is 35.9 Å². The Labute approximate surface area is 125 Å². The number of rotatable bonds is 4. The van der Waals surface area contributed by atoms with Gasteiger partial charge in [0.2, 0.25) is 5.78 Å². The Morgan fingerprint density at radius 2 is 1.86 bits per heavy atom. The second kappa shape index (κ2) is 5.40. The van der Waals surface area contributed by atoms with Crippen LogP contribution in [0.25, 0.3) is 10.9 Å². The summed E-state index contributed by atoms with van der Waals surface area (Å²) in [4.78, 5) is 22.5. The van der Waals surface area contributed by atoms with Crippen LogP contribution in [0, 0.1) is 5.82 Å². The fourth-order valence-corrected chi connectivity index (χ4v) is 2.22.